The van der Waals surface area contributed by atoms with Gasteiger partial charge in [0.05, 0.1) is 0 Å². The number of hydrogen-bond acceptors (Lipinski definition) is 1. The summed E-state index contributed by atoms with van der Waals surface area (Å²) < 4.78 is 0. The van der Waals surface area contributed by atoms with Gasteiger partial charge in [-0.15, -0.1) is 0 Å². The minimum atomic E-state index is 0.651. The van der Waals surface area contributed by atoms with Crippen molar-refractivity contribution >= 4 is 0 Å². The van der Waals surface area contributed by atoms with Gasteiger partial charge >= 0.3 is 0 Å². The van der Waals surface area contributed by atoms with Crippen LogP contribution < -0.4 is 5.32 Å². The number of allylic oxidation sites excluding steroid dienone is 1. The largest absolute Gasteiger partial charge is 0.388 e. The molecular formula is C12H25N. The van der Waals surface area contributed by atoms with E-state index in [0.29, 0.717) is 6.04 Å². The third-order valence-electron chi connectivity index (χ3n) is 2.29. The lowest BCUT2D eigenvalue weighted by molar-refractivity contribution is 0.411. The van der Waals surface area contributed by atoms with Gasteiger partial charge in [0.2, 0.25) is 0 Å². The molecule has 0 aromatic carbocycles. The van der Waals surface area contributed by atoms with Gasteiger partial charge in [0.15, 0.2) is 0 Å². The van der Waals surface area contributed by atoms with E-state index in [1.807, 2.05) is 0 Å². The fourth-order valence-corrected chi connectivity index (χ4v) is 1.36. The van der Waals surface area contributed by atoms with Gasteiger partial charge in [-0.3, -0.25) is 0 Å². The summed E-state index contributed by atoms with van der Waals surface area (Å²) in [5.41, 5.74) is 0. The molecule has 0 heterocycles. The molecule has 78 valence electrons. The summed E-state index contributed by atoms with van der Waals surface area (Å²) in [4.78, 5) is 0. The quantitative estimate of drug-likeness (QED) is 0.634. The van der Waals surface area contributed by atoms with E-state index in [2.05, 4.69) is 45.3 Å². The minimum Gasteiger partial charge on any atom is -0.388 e. The average molecular weight is 183 g/mol. The van der Waals surface area contributed by atoms with Crippen LogP contribution in [-0.2, 0) is 0 Å². The molecule has 0 aromatic heterocycles. The highest BCUT2D eigenvalue weighted by molar-refractivity contribution is 4.83. The van der Waals surface area contributed by atoms with E-state index in [1.165, 1.54) is 25.7 Å². The lowest BCUT2D eigenvalue weighted by atomic mass is 10.00. The Morgan fingerprint density at radius 3 is 2.31 bits per heavy atom. The van der Waals surface area contributed by atoms with E-state index in [4.69, 9.17) is 0 Å². The Morgan fingerprint density at radius 1 is 1.15 bits per heavy atom. The summed E-state index contributed by atoms with van der Waals surface area (Å²) in [5.74, 6) is 0.728. The van der Waals surface area contributed by atoms with Gasteiger partial charge in [-0.05, 0) is 25.0 Å². The first kappa shape index (κ1) is 12.5. The number of nitrogens with one attached hydrogen (secondary N) is 1. The van der Waals surface area contributed by atoms with Crippen LogP contribution in [0.5, 0.6) is 0 Å². The van der Waals surface area contributed by atoms with Crippen LogP contribution in [0.2, 0.25) is 0 Å². The standard InChI is InChI=1S/C12H25N/c1-5-7-8-10-13-12(9-6-2)11(3)4/h8,10-13H,5-7,9H2,1-4H3/b10-8-. The molecule has 0 aliphatic rings. The Labute approximate surface area is 83.6 Å². The zero-order chi connectivity index (χ0) is 10.1. The van der Waals surface area contributed by atoms with Gasteiger partial charge in [-0.2, -0.15) is 0 Å². The Morgan fingerprint density at radius 2 is 1.85 bits per heavy atom. The van der Waals surface area contributed by atoms with Gasteiger partial charge in [0, 0.05) is 6.04 Å². The monoisotopic (exact) mass is 183 g/mol. The van der Waals surface area contributed by atoms with Crippen LogP contribution in [0.25, 0.3) is 0 Å². The molecule has 1 heteroatoms. The zero-order valence-corrected chi connectivity index (χ0v) is 9.64. The lowest BCUT2D eigenvalue weighted by Crippen LogP contribution is -2.29. The zero-order valence-electron chi connectivity index (χ0n) is 9.64. The molecule has 1 nitrogen and oxygen atoms in total. The lowest BCUT2D eigenvalue weighted by Gasteiger charge is -2.20. The number of hydrogen-bond donors (Lipinski definition) is 1. The molecule has 0 radical (unpaired) electrons. The van der Waals surface area contributed by atoms with Crippen molar-refractivity contribution in [3.05, 3.63) is 12.3 Å². The summed E-state index contributed by atoms with van der Waals surface area (Å²) in [7, 11) is 0. The summed E-state index contributed by atoms with van der Waals surface area (Å²) in [5, 5.41) is 3.47. The van der Waals surface area contributed by atoms with Crippen LogP contribution >= 0.6 is 0 Å². The van der Waals surface area contributed by atoms with Gasteiger partial charge < -0.3 is 5.32 Å². The van der Waals surface area contributed by atoms with Crippen LogP contribution in [0.1, 0.15) is 53.4 Å². The molecule has 0 spiro atoms. The predicted octanol–water partition coefficient (Wildman–Crippen LogP) is 3.71. The van der Waals surface area contributed by atoms with Crippen molar-refractivity contribution in [1.82, 2.24) is 5.32 Å². The number of unbranched alkanes of at least 4 members (excludes halogenated alkanes) is 1. The maximum absolute atomic E-state index is 3.47. The van der Waals surface area contributed by atoms with Gasteiger partial charge in [-0.25, -0.2) is 0 Å². The Balaban J connectivity index is 3.68. The normalized spacial score (nSPS) is 13.9. The third kappa shape index (κ3) is 6.68. The smallest absolute Gasteiger partial charge is 0.0278 e. The van der Waals surface area contributed by atoms with E-state index in [-0.39, 0.29) is 0 Å². The molecule has 1 unspecified atom stereocenters. The second kappa shape index (κ2) is 8.15. The summed E-state index contributed by atoms with van der Waals surface area (Å²) in [6, 6.07) is 0.651. The SMILES string of the molecule is CCC/C=C\NC(CCC)C(C)C. The van der Waals surface area contributed by atoms with Crippen molar-refractivity contribution in [3.8, 4) is 0 Å². The van der Waals surface area contributed by atoms with Crippen molar-refractivity contribution in [1.29, 1.82) is 0 Å². The van der Waals surface area contributed by atoms with E-state index < -0.39 is 0 Å². The van der Waals surface area contributed by atoms with Gasteiger partial charge in [-0.1, -0.05) is 46.6 Å². The average Bonchev–Trinajstić information content (AvgIpc) is 2.10. The van der Waals surface area contributed by atoms with Gasteiger partial charge in [0.25, 0.3) is 0 Å². The molecule has 13 heavy (non-hydrogen) atoms. The van der Waals surface area contributed by atoms with Gasteiger partial charge in [0.1, 0.15) is 0 Å². The van der Waals surface area contributed by atoms with Crippen LogP contribution in [0.3, 0.4) is 0 Å². The summed E-state index contributed by atoms with van der Waals surface area (Å²) in [6.45, 7) is 9.01. The molecule has 0 saturated carbocycles. The third-order valence-corrected chi connectivity index (χ3v) is 2.29. The first-order valence-electron chi connectivity index (χ1n) is 5.63. The minimum absolute atomic E-state index is 0.651. The van der Waals surface area contributed by atoms with Crippen LogP contribution in [-0.4, -0.2) is 6.04 Å². The van der Waals surface area contributed by atoms with E-state index in [0.717, 1.165) is 5.92 Å². The van der Waals surface area contributed by atoms with Crippen molar-refractivity contribution in [2.75, 3.05) is 0 Å². The van der Waals surface area contributed by atoms with Crippen LogP contribution in [0, 0.1) is 5.92 Å². The highest BCUT2D eigenvalue weighted by Gasteiger charge is 2.08. The Hall–Kier alpha value is -0.460. The van der Waals surface area contributed by atoms with Crippen molar-refractivity contribution in [2.45, 2.75) is 59.4 Å². The van der Waals surface area contributed by atoms with Crippen LogP contribution in [0.4, 0.5) is 0 Å². The topological polar surface area (TPSA) is 12.0 Å². The highest BCUT2D eigenvalue weighted by Crippen LogP contribution is 2.08. The Kier molecular flexibility index (Phi) is 7.86. The first-order valence-corrected chi connectivity index (χ1v) is 5.63. The molecule has 0 rings (SSSR count). The fraction of sp³-hybridized carbons (Fsp3) is 0.833. The highest BCUT2D eigenvalue weighted by atomic mass is 14.9. The molecule has 0 aliphatic carbocycles. The Bertz CT molecular complexity index is 127. The molecule has 1 atom stereocenters. The first-order chi connectivity index (χ1) is 6.22. The molecule has 0 bridgehead atoms. The molecule has 0 saturated heterocycles. The fourth-order valence-electron chi connectivity index (χ4n) is 1.36. The molecule has 0 fully saturated rings. The van der Waals surface area contributed by atoms with Crippen molar-refractivity contribution in [2.24, 2.45) is 5.92 Å². The molecule has 1 N–H and O–H groups in total. The summed E-state index contributed by atoms with van der Waals surface area (Å²) >= 11 is 0. The number of rotatable bonds is 7. The summed E-state index contributed by atoms with van der Waals surface area (Å²) in [6.07, 6.45) is 9.31. The molecular weight excluding hydrogens is 158 g/mol. The molecule has 0 aliphatic heterocycles. The predicted molar refractivity (Wildman–Crippen MR) is 60.7 cm³/mol. The second-order valence-electron chi connectivity index (χ2n) is 4.00. The van der Waals surface area contributed by atoms with Crippen molar-refractivity contribution < 1.29 is 0 Å². The van der Waals surface area contributed by atoms with E-state index in [1.54, 1.807) is 0 Å². The maximum atomic E-state index is 3.47. The van der Waals surface area contributed by atoms with Crippen LogP contribution in [0.15, 0.2) is 12.3 Å². The maximum Gasteiger partial charge on any atom is 0.0278 e. The molecule has 0 amide bonds. The molecule has 0 aromatic rings. The second-order valence-corrected chi connectivity index (χ2v) is 4.00. The van der Waals surface area contributed by atoms with Crippen molar-refractivity contribution in [3.63, 3.8) is 0 Å². The van der Waals surface area contributed by atoms with E-state index in [9.17, 15) is 0 Å². The van der Waals surface area contributed by atoms with E-state index >= 15 is 0 Å².